The lowest BCUT2D eigenvalue weighted by atomic mass is 10.1. The number of amides is 1. The van der Waals surface area contributed by atoms with Crippen LogP contribution in [-0.2, 0) is 11.2 Å². The third-order valence-corrected chi connectivity index (χ3v) is 2.09. The summed E-state index contributed by atoms with van der Waals surface area (Å²) in [6.45, 7) is 1.45. The van der Waals surface area contributed by atoms with Crippen molar-refractivity contribution in [1.29, 1.82) is 0 Å². The van der Waals surface area contributed by atoms with Crippen LogP contribution in [0.15, 0.2) is 24.3 Å². The molecule has 0 spiro atoms. The Morgan fingerprint density at radius 3 is 2.29 bits per heavy atom. The van der Waals surface area contributed by atoms with E-state index in [2.05, 4.69) is 0 Å². The Morgan fingerprint density at radius 2 is 1.82 bits per heavy atom. The van der Waals surface area contributed by atoms with Gasteiger partial charge in [0.25, 0.3) is 0 Å². The van der Waals surface area contributed by atoms with Crippen molar-refractivity contribution in [2.45, 2.75) is 25.6 Å². The minimum atomic E-state index is -4.88. The second-order valence-electron chi connectivity index (χ2n) is 3.70. The highest BCUT2D eigenvalue weighted by Gasteiger charge is 2.39. The highest BCUT2D eigenvalue weighted by atomic mass is 19.4. The zero-order valence-corrected chi connectivity index (χ0v) is 9.01. The van der Waals surface area contributed by atoms with Gasteiger partial charge < -0.3 is 5.32 Å². The van der Waals surface area contributed by atoms with Gasteiger partial charge in [-0.15, -0.1) is 0 Å². The predicted octanol–water partition coefficient (Wildman–Crippen LogP) is 2.44. The van der Waals surface area contributed by atoms with Crippen molar-refractivity contribution in [3.8, 4) is 0 Å². The molecule has 1 unspecified atom stereocenters. The van der Waals surface area contributed by atoms with Gasteiger partial charge in [0.05, 0.1) is 0 Å². The van der Waals surface area contributed by atoms with Gasteiger partial charge in [-0.05, 0) is 31.0 Å². The van der Waals surface area contributed by atoms with E-state index in [1.54, 1.807) is 0 Å². The van der Waals surface area contributed by atoms with E-state index in [4.69, 9.17) is 0 Å². The summed E-state index contributed by atoms with van der Waals surface area (Å²) in [6.07, 6.45) is -4.67. The Balaban J connectivity index is 2.53. The van der Waals surface area contributed by atoms with Crippen LogP contribution in [-0.4, -0.2) is 18.1 Å². The van der Waals surface area contributed by atoms with Crippen LogP contribution in [0.25, 0.3) is 0 Å². The Labute approximate surface area is 95.6 Å². The third kappa shape index (κ3) is 4.42. The molecule has 0 saturated carbocycles. The van der Waals surface area contributed by atoms with Gasteiger partial charge in [-0.3, -0.25) is 4.79 Å². The van der Waals surface area contributed by atoms with Gasteiger partial charge in [-0.25, -0.2) is 4.39 Å². The van der Waals surface area contributed by atoms with Crippen LogP contribution >= 0.6 is 0 Å². The number of halogens is 4. The van der Waals surface area contributed by atoms with E-state index in [0.717, 1.165) is 0 Å². The van der Waals surface area contributed by atoms with Crippen LogP contribution in [0.4, 0.5) is 17.6 Å². The van der Waals surface area contributed by atoms with Crippen LogP contribution in [0.3, 0.4) is 0 Å². The molecular formula is C11H11F4NO. The molecule has 1 amide bonds. The van der Waals surface area contributed by atoms with Crippen LogP contribution in [0.2, 0.25) is 0 Å². The van der Waals surface area contributed by atoms with E-state index in [0.29, 0.717) is 5.56 Å². The van der Waals surface area contributed by atoms with Gasteiger partial charge >= 0.3 is 12.1 Å². The van der Waals surface area contributed by atoms with Crippen LogP contribution in [0, 0.1) is 5.82 Å². The lowest BCUT2D eigenvalue weighted by molar-refractivity contribution is -0.174. The molecule has 0 heterocycles. The fourth-order valence-corrected chi connectivity index (χ4v) is 1.33. The van der Waals surface area contributed by atoms with Crippen LogP contribution < -0.4 is 5.32 Å². The number of carbonyl (C=O) groups excluding carboxylic acids is 1. The minimum Gasteiger partial charge on any atom is -0.345 e. The van der Waals surface area contributed by atoms with Crippen molar-refractivity contribution in [3.05, 3.63) is 35.6 Å². The molecule has 1 atom stereocenters. The monoisotopic (exact) mass is 249 g/mol. The number of rotatable bonds is 3. The van der Waals surface area contributed by atoms with E-state index in [1.807, 2.05) is 5.32 Å². The largest absolute Gasteiger partial charge is 0.471 e. The SMILES string of the molecule is CC(Cc1ccc(F)cc1)NC(=O)C(F)(F)F. The number of hydrogen-bond acceptors (Lipinski definition) is 1. The van der Waals surface area contributed by atoms with Gasteiger partial charge in [0.2, 0.25) is 0 Å². The van der Waals surface area contributed by atoms with Gasteiger partial charge in [-0.1, -0.05) is 12.1 Å². The van der Waals surface area contributed by atoms with Crippen molar-refractivity contribution in [1.82, 2.24) is 5.32 Å². The summed E-state index contributed by atoms with van der Waals surface area (Å²) in [5, 5.41) is 1.83. The van der Waals surface area contributed by atoms with Crippen LogP contribution in [0.1, 0.15) is 12.5 Å². The summed E-state index contributed by atoms with van der Waals surface area (Å²) in [4.78, 5) is 10.6. The maximum absolute atomic E-state index is 12.6. The van der Waals surface area contributed by atoms with E-state index < -0.39 is 23.9 Å². The molecule has 1 rings (SSSR count). The lowest BCUT2D eigenvalue weighted by Gasteiger charge is -2.15. The first kappa shape index (κ1) is 13.5. The standard InChI is InChI=1S/C11H11F4NO/c1-7(16-10(17)11(13,14)15)6-8-2-4-9(12)5-3-8/h2-5,7H,6H2,1H3,(H,16,17). The maximum Gasteiger partial charge on any atom is 0.471 e. The predicted molar refractivity (Wildman–Crippen MR) is 53.8 cm³/mol. The molecular weight excluding hydrogens is 238 g/mol. The van der Waals surface area contributed by atoms with Crippen molar-refractivity contribution in [2.75, 3.05) is 0 Å². The molecule has 0 aliphatic rings. The van der Waals surface area contributed by atoms with Crippen molar-refractivity contribution in [2.24, 2.45) is 0 Å². The molecule has 1 aromatic rings. The van der Waals surface area contributed by atoms with Crippen molar-refractivity contribution in [3.63, 3.8) is 0 Å². The Morgan fingerprint density at radius 1 is 1.29 bits per heavy atom. The number of alkyl halides is 3. The van der Waals surface area contributed by atoms with E-state index in [9.17, 15) is 22.4 Å². The number of carbonyl (C=O) groups is 1. The van der Waals surface area contributed by atoms with Gasteiger partial charge in [0, 0.05) is 6.04 Å². The maximum atomic E-state index is 12.6. The Kier molecular flexibility index (Phi) is 4.09. The average Bonchev–Trinajstić information content (AvgIpc) is 2.20. The highest BCUT2D eigenvalue weighted by Crippen LogP contribution is 2.15. The molecule has 2 nitrogen and oxygen atoms in total. The minimum absolute atomic E-state index is 0.210. The lowest BCUT2D eigenvalue weighted by Crippen LogP contribution is -2.42. The van der Waals surface area contributed by atoms with Crippen LogP contribution in [0.5, 0.6) is 0 Å². The van der Waals surface area contributed by atoms with Gasteiger partial charge in [0.1, 0.15) is 5.82 Å². The Bertz CT molecular complexity index is 385. The van der Waals surface area contributed by atoms with Gasteiger partial charge in [-0.2, -0.15) is 13.2 Å². The number of nitrogens with one attached hydrogen (secondary N) is 1. The fraction of sp³-hybridized carbons (Fsp3) is 0.364. The second kappa shape index (κ2) is 5.16. The number of benzene rings is 1. The highest BCUT2D eigenvalue weighted by molar-refractivity contribution is 5.81. The molecule has 94 valence electrons. The molecule has 0 saturated heterocycles. The topological polar surface area (TPSA) is 29.1 Å². The molecule has 0 fully saturated rings. The normalized spacial score (nSPS) is 13.2. The fourth-order valence-electron chi connectivity index (χ4n) is 1.33. The molecule has 0 aromatic heterocycles. The molecule has 17 heavy (non-hydrogen) atoms. The number of hydrogen-bond donors (Lipinski definition) is 1. The molecule has 0 bridgehead atoms. The molecule has 6 heteroatoms. The zero-order chi connectivity index (χ0) is 13.1. The quantitative estimate of drug-likeness (QED) is 0.819. The molecule has 1 aromatic carbocycles. The molecule has 0 radical (unpaired) electrons. The third-order valence-electron chi connectivity index (χ3n) is 2.09. The summed E-state index contributed by atoms with van der Waals surface area (Å²) in [7, 11) is 0. The summed E-state index contributed by atoms with van der Waals surface area (Å²) >= 11 is 0. The second-order valence-corrected chi connectivity index (χ2v) is 3.70. The first-order valence-corrected chi connectivity index (χ1v) is 4.91. The van der Waals surface area contributed by atoms with Gasteiger partial charge in [0.15, 0.2) is 0 Å². The zero-order valence-electron chi connectivity index (χ0n) is 9.01. The molecule has 0 aliphatic carbocycles. The summed E-state index contributed by atoms with van der Waals surface area (Å²) < 4.78 is 48.4. The summed E-state index contributed by atoms with van der Waals surface area (Å²) in [5.41, 5.74) is 0.654. The van der Waals surface area contributed by atoms with E-state index >= 15 is 0 Å². The summed E-state index contributed by atoms with van der Waals surface area (Å²) in [6, 6.07) is 4.69. The molecule has 1 N–H and O–H groups in total. The van der Waals surface area contributed by atoms with Crippen molar-refractivity contribution >= 4 is 5.91 Å². The van der Waals surface area contributed by atoms with E-state index in [-0.39, 0.29) is 6.42 Å². The first-order valence-electron chi connectivity index (χ1n) is 4.91. The summed E-state index contributed by atoms with van der Waals surface area (Å²) in [5.74, 6) is -2.38. The van der Waals surface area contributed by atoms with Crippen molar-refractivity contribution < 1.29 is 22.4 Å². The average molecular weight is 249 g/mol. The first-order chi connectivity index (χ1) is 7.79. The Hall–Kier alpha value is -1.59. The molecule has 0 aliphatic heterocycles. The smallest absolute Gasteiger partial charge is 0.345 e. The van der Waals surface area contributed by atoms with E-state index in [1.165, 1.54) is 31.2 Å².